The third-order valence-electron chi connectivity index (χ3n) is 5.22. The average Bonchev–Trinajstić information content (AvgIpc) is 2.48. The third-order valence-corrected chi connectivity index (χ3v) is 6.08. The van der Waals surface area contributed by atoms with Gasteiger partial charge in [0, 0.05) is 5.92 Å². The van der Waals surface area contributed by atoms with E-state index in [0.717, 1.165) is 5.57 Å². The van der Waals surface area contributed by atoms with E-state index in [1.54, 1.807) is 6.92 Å². The number of aliphatic hydroxyl groups is 2. The Hall–Kier alpha value is -0.430. The van der Waals surface area contributed by atoms with E-state index in [9.17, 15) is 23.2 Å². The Bertz CT molecular complexity index is 534. The van der Waals surface area contributed by atoms with Crippen molar-refractivity contribution < 1.29 is 23.2 Å². The van der Waals surface area contributed by atoms with Gasteiger partial charge in [-0.3, -0.25) is 4.55 Å². The maximum atomic E-state index is 11.3. The first-order valence-electron chi connectivity index (χ1n) is 7.55. The van der Waals surface area contributed by atoms with Crippen LogP contribution in [-0.2, 0) is 10.1 Å². The van der Waals surface area contributed by atoms with Crippen molar-refractivity contribution in [2.24, 2.45) is 17.8 Å². The van der Waals surface area contributed by atoms with Gasteiger partial charge in [0.25, 0.3) is 10.1 Å². The van der Waals surface area contributed by atoms with Crippen LogP contribution in [0.5, 0.6) is 0 Å². The Morgan fingerprint density at radius 3 is 2.48 bits per heavy atom. The number of rotatable bonds is 3. The molecule has 0 saturated heterocycles. The molecule has 4 atom stereocenters. The molecule has 1 saturated carbocycles. The zero-order chi connectivity index (χ0) is 16.1. The number of hydrogen-bond acceptors (Lipinski definition) is 4. The highest BCUT2D eigenvalue weighted by molar-refractivity contribution is 7.85. The van der Waals surface area contributed by atoms with Crippen molar-refractivity contribution in [2.75, 3.05) is 5.75 Å². The van der Waals surface area contributed by atoms with Crippen LogP contribution < -0.4 is 0 Å². The summed E-state index contributed by atoms with van der Waals surface area (Å²) in [4.78, 5) is 0. The Labute approximate surface area is 126 Å². The molecule has 6 heteroatoms. The molecule has 0 aromatic carbocycles. The highest BCUT2D eigenvalue weighted by Gasteiger charge is 2.54. The topological polar surface area (TPSA) is 94.8 Å². The molecule has 3 N–H and O–H groups in total. The third kappa shape index (κ3) is 3.50. The molecule has 5 nitrogen and oxygen atoms in total. The second kappa shape index (κ2) is 5.33. The molecule has 0 bridgehead atoms. The minimum atomic E-state index is -4.27. The summed E-state index contributed by atoms with van der Waals surface area (Å²) < 4.78 is 31.8. The number of fused-ring (bicyclic) bond motifs is 1. The fourth-order valence-electron chi connectivity index (χ4n) is 3.96. The fourth-order valence-corrected chi connectivity index (χ4v) is 4.95. The van der Waals surface area contributed by atoms with E-state index in [4.69, 9.17) is 0 Å². The number of allylic oxidation sites excluding steroid dienone is 1. The molecule has 0 spiro atoms. The van der Waals surface area contributed by atoms with E-state index >= 15 is 0 Å². The van der Waals surface area contributed by atoms with Crippen LogP contribution in [-0.4, -0.2) is 40.1 Å². The van der Waals surface area contributed by atoms with Crippen molar-refractivity contribution in [3.63, 3.8) is 0 Å². The number of hydrogen-bond donors (Lipinski definition) is 3. The van der Waals surface area contributed by atoms with Gasteiger partial charge in [-0.25, -0.2) is 0 Å². The summed E-state index contributed by atoms with van der Waals surface area (Å²) in [6.07, 6.45) is 4.01. The molecule has 0 unspecified atom stereocenters. The molecule has 2 aliphatic rings. The van der Waals surface area contributed by atoms with E-state index in [1.807, 2.05) is 6.08 Å². The fraction of sp³-hybridized carbons (Fsp3) is 0.867. The van der Waals surface area contributed by atoms with Crippen LogP contribution >= 0.6 is 0 Å². The molecule has 122 valence electrons. The Balaban J connectivity index is 2.42. The Morgan fingerprint density at radius 2 is 1.95 bits per heavy atom. The first-order chi connectivity index (χ1) is 9.45. The molecule has 21 heavy (non-hydrogen) atoms. The van der Waals surface area contributed by atoms with Gasteiger partial charge in [-0.15, -0.1) is 0 Å². The molecule has 0 aromatic heterocycles. The van der Waals surface area contributed by atoms with E-state index in [2.05, 4.69) is 13.8 Å². The van der Waals surface area contributed by atoms with Gasteiger partial charge in [-0.1, -0.05) is 25.5 Å². The maximum Gasteiger partial charge on any atom is 0.267 e. The van der Waals surface area contributed by atoms with E-state index in [-0.39, 0.29) is 17.8 Å². The largest absolute Gasteiger partial charge is 0.390 e. The first-order valence-corrected chi connectivity index (χ1v) is 9.16. The van der Waals surface area contributed by atoms with Crippen molar-refractivity contribution >= 4 is 10.1 Å². The van der Waals surface area contributed by atoms with Crippen molar-refractivity contribution in [1.29, 1.82) is 0 Å². The highest BCUT2D eigenvalue weighted by atomic mass is 32.2. The summed E-state index contributed by atoms with van der Waals surface area (Å²) in [6.45, 7) is 5.85. The molecule has 1 fully saturated rings. The van der Waals surface area contributed by atoms with Gasteiger partial charge in [-0.05, 0) is 44.4 Å². The Kier molecular flexibility index (Phi) is 4.30. The molecular weight excluding hydrogens is 292 g/mol. The van der Waals surface area contributed by atoms with Crippen LogP contribution in [0.2, 0.25) is 0 Å². The van der Waals surface area contributed by atoms with Gasteiger partial charge in [0.15, 0.2) is 0 Å². The van der Waals surface area contributed by atoms with Crippen LogP contribution in [0, 0.1) is 17.8 Å². The monoisotopic (exact) mass is 318 g/mol. The lowest BCUT2D eigenvalue weighted by molar-refractivity contribution is -0.0404. The van der Waals surface area contributed by atoms with Gasteiger partial charge in [0.05, 0.1) is 11.2 Å². The first kappa shape index (κ1) is 16.9. The zero-order valence-corrected chi connectivity index (χ0v) is 13.7. The average molecular weight is 318 g/mol. The van der Waals surface area contributed by atoms with Crippen molar-refractivity contribution in [1.82, 2.24) is 0 Å². The molecule has 0 heterocycles. The lowest BCUT2D eigenvalue weighted by Gasteiger charge is -2.36. The molecule has 2 aliphatic carbocycles. The minimum Gasteiger partial charge on any atom is -0.390 e. The predicted molar refractivity (Wildman–Crippen MR) is 80.4 cm³/mol. The molecular formula is C15H26O5S. The van der Waals surface area contributed by atoms with Crippen LogP contribution in [0.15, 0.2) is 11.6 Å². The van der Waals surface area contributed by atoms with Crippen LogP contribution in [0.25, 0.3) is 0 Å². The summed E-state index contributed by atoms with van der Waals surface area (Å²) in [5.41, 5.74) is -1.28. The van der Waals surface area contributed by atoms with Crippen molar-refractivity contribution in [3.8, 4) is 0 Å². The van der Waals surface area contributed by atoms with Crippen LogP contribution in [0.1, 0.15) is 46.5 Å². The normalized spacial score (nSPS) is 40.8. The predicted octanol–water partition coefficient (Wildman–Crippen LogP) is 1.76. The molecule has 0 aliphatic heterocycles. The van der Waals surface area contributed by atoms with Gasteiger partial charge in [0.2, 0.25) is 0 Å². The van der Waals surface area contributed by atoms with E-state index in [1.165, 1.54) is 0 Å². The standard InChI is InChI=1S/C15H26O5S/c1-10(2)11-4-7-15(17,9-21(18,19)20)12-5-6-14(3,16)13(12)8-11/h8,10,12-13,16-17H,4-7,9H2,1-3H3,(H,18,19,20)/t12-,13+,14+,15+/m1/s1. The summed E-state index contributed by atoms with van der Waals surface area (Å²) in [7, 11) is -4.27. The SMILES string of the molecule is CC(C)C1=C[C@H]2[C@@H](CC[C@]2(C)O)[C@@](O)(CS(=O)(=O)O)CC1. The second-order valence-corrected chi connectivity index (χ2v) is 8.71. The van der Waals surface area contributed by atoms with Gasteiger partial charge >= 0.3 is 0 Å². The molecule has 0 amide bonds. The summed E-state index contributed by atoms with van der Waals surface area (Å²) in [5, 5.41) is 21.5. The zero-order valence-electron chi connectivity index (χ0n) is 12.9. The smallest absolute Gasteiger partial charge is 0.267 e. The summed E-state index contributed by atoms with van der Waals surface area (Å²) in [6, 6.07) is 0. The van der Waals surface area contributed by atoms with Crippen molar-refractivity contribution in [3.05, 3.63) is 11.6 Å². The maximum absolute atomic E-state index is 11.3. The lowest BCUT2D eigenvalue weighted by atomic mass is 9.77. The lowest BCUT2D eigenvalue weighted by Crippen LogP contribution is -2.47. The summed E-state index contributed by atoms with van der Waals surface area (Å²) in [5.74, 6) is -0.985. The van der Waals surface area contributed by atoms with E-state index < -0.39 is 27.1 Å². The molecule has 2 rings (SSSR count). The quantitative estimate of drug-likeness (QED) is 0.544. The molecule has 0 aromatic rings. The van der Waals surface area contributed by atoms with E-state index in [0.29, 0.717) is 25.7 Å². The minimum absolute atomic E-state index is 0.274. The second-order valence-electron chi connectivity index (χ2n) is 7.25. The molecule has 0 radical (unpaired) electrons. The van der Waals surface area contributed by atoms with Crippen LogP contribution in [0.4, 0.5) is 0 Å². The van der Waals surface area contributed by atoms with Gasteiger partial charge < -0.3 is 10.2 Å². The Morgan fingerprint density at radius 1 is 1.33 bits per heavy atom. The van der Waals surface area contributed by atoms with Gasteiger partial charge in [0.1, 0.15) is 5.75 Å². The summed E-state index contributed by atoms with van der Waals surface area (Å²) >= 11 is 0. The van der Waals surface area contributed by atoms with Crippen molar-refractivity contribution in [2.45, 2.75) is 57.7 Å². The highest BCUT2D eigenvalue weighted by Crippen LogP contribution is 2.50. The van der Waals surface area contributed by atoms with Gasteiger partial charge in [-0.2, -0.15) is 8.42 Å². The van der Waals surface area contributed by atoms with Crippen LogP contribution in [0.3, 0.4) is 0 Å².